The molecule has 0 aliphatic rings. The van der Waals surface area contributed by atoms with Crippen LogP contribution in [0.4, 0.5) is 0 Å². The molecule has 2 atom stereocenters. The van der Waals surface area contributed by atoms with E-state index in [4.69, 9.17) is 15.3 Å². The fourth-order valence-electron chi connectivity index (χ4n) is 0.471. The maximum atomic E-state index is 9.22. The van der Waals surface area contributed by atoms with Crippen molar-refractivity contribution in [1.82, 2.24) is 0 Å². The van der Waals surface area contributed by atoms with E-state index in [1.807, 2.05) is 0 Å². The van der Waals surface area contributed by atoms with Crippen LogP contribution in [0.3, 0.4) is 0 Å². The molecule has 0 radical (unpaired) electrons. The highest BCUT2D eigenvalue weighted by atomic mass is 16.5. The summed E-state index contributed by atoms with van der Waals surface area (Å²) < 4.78 is 4.59. The molecule has 0 heterocycles. The van der Waals surface area contributed by atoms with Crippen molar-refractivity contribution in [2.75, 3.05) is 20.3 Å². The summed E-state index contributed by atoms with van der Waals surface area (Å²) in [6.07, 6.45) is -1.66. The van der Waals surface area contributed by atoms with Gasteiger partial charge in [0.25, 0.3) is 0 Å². The Labute approximate surface area is 76.9 Å². The summed E-state index contributed by atoms with van der Waals surface area (Å²) in [6, 6.07) is 0. The Hall–Kier alpha value is -0.690. The SMILES string of the molecule is CC(N)=O.CO[C@H](CO)[C@@H](O)CO. The average molecular weight is 195 g/mol. The maximum absolute atomic E-state index is 9.22. The van der Waals surface area contributed by atoms with Crippen molar-refractivity contribution < 1.29 is 24.9 Å². The van der Waals surface area contributed by atoms with Crippen molar-refractivity contribution in [2.45, 2.75) is 19.1 Å². The molecule has 0 aromatic carbocycles. The van der Waals surface area contributed by atoms with Crippen LogP contribution in [0, 0.1) is 0 Å². The smallest absolute Gasteiger partial charge is 0.214 e. The Bertz CT molecular complexity index is 122. The second-order valence-electron chi connectivity index (χ2n) is 2.32. The lowest BCUT2D eigenvalue weighted by atomic mass is 10.2. The molecule has 0 unspecified atom stereocenters. The van der Waals surface area contributed by atoms with Crippen LogP contribution in [0.5, 0.6) is 0 Å². The maximum Gasteiger partial charge on any atom is 0.214 e. The molecule has 6 heteroatoms. The summed E-state index contributed by atoms with van der Waals surface area (Å²) in [7, 11) is 1.36. The van der Waals surface area contributed by atoms with Crippen LogP contribution in [-0.2, 0) is 9.53 Å². The molecule has 0 saturated heterocycles. The van der Waals surface area contributed by atoms with Crippen molar-refractivity contribution in [1.29, 1.82) is 0 Å². The molecule has 0 aliphatic carbocycles. The average Bonchev–Trinajstić information content (AvgIpc) is 2.05. The Morgan fingerprint density at radius 1 is 1.46 bits per heavy atom. The quantitative estimate of drug-likeness (QED) is 0.408. The zero-order valence-electron chi connectivity index (χ0n) is 7.80. The number of aliphatic hydroxyl groups excluding tert-OH is 3. The van der Waals surface area contributed by atoms with Gasteiger partial charge in [-0.2, -0.15) is 0 Å². The topological polar surface area (TPSA) is 113 Å². The van der Waals surface area contributed by atoms with E-state index in [9.17, 15) is 4.79 Å². The number of ether oxygens (including phenoxy) is 1. The van der Waals surface area contributed by atoms with E-state index in [0.29, 0.717) is 0 Å². The Balaban J connectivity index is 0. The zero-order valence-corrected chi connectivity index (χ0v) is 7.80. The van der Waals surface area contributed by atoms with Gasteiger partial charge in [-0.15, -0.1) is 0 Å². The van der Waals surface area contributed by atoms with E-state index in [1.165, 1.54) is 14.0 Å². The van der Waals surface area contributed by atoms with Crippen molar-refractivity contribution in [3.05, 3.63) is 0 Å². The first-order chi connectivity index (χ1) is 5.99. The standard InChI is InChI=1S/C5H12O4.C2H5NO/c1-9-5(3-7)4(8)2-6;1-2(3)4/h4-8H,2-3H2,1H3;1H3,(H2,3,4)/t4-,5+;/m0./s1. The summed E-state index contributed by atoms with van der Waals surface area (Å²) in [5, 5.41) is 25.5. The monoisotopic (exact) mass is 195 g/mol. The number of nitrogens with two attached hydrogens (primary N) is 1. The minimum atomic E-state index is -0.986. The van der Waals surface area contributed by atoms with Gasteiger partial charge >= 0.3 is 0 Å². The Morgan fingerprint density at radius 3 is 1.92 bits per heavy atom. The number of carbonyl (C=O) groups excluding carboxylic acids is 1. The number of carbonyl (C=O) groups is 1. The van der Waals surface area contributed by atoms with Crippen LogP contribution in [0.25, 0.3) is 0 Å². The van der Waals surface area contributed by atoms with Gasteiger partial charge in [0.15, 0.2) is 0 Å². The van der Waals surface area contributed by atoms with Gasteiger partial charge in [-0.3, -0.25) is 4.79 Å². The fraction of sp³-hybridized carbons (Fsp3) is 0.857. The summed E-state index contributed by atoms with van der Waals surface area (Å²) in [5.74, 6) is -0.333. The highest BCUT2D eigenvalue weighted by molar-refractivity contribution is 5.70. The van der Waals surface area contributed by atoms with Crippen molar-refractivity contribution in [3.63, 3.8) is 0 Å². The van der Waals surface area contributed by atoms with Gasteiger partial charge < -0.3 is 25.8 Å². The predicted octanol–water partition coefficient (Wildman–Crippen LogP) is -2.16. The first kappa shape index (κ1) is 14.8. The van der Waals surface area contributed by atoms with Gasteiger partial charge in [-0.25, -0.2) is 0 Å². The zero-order chi connectivity index (χ0) is 10.9. The lowest BCUT2D eigenvalue weighted by Gasteiger charge is -2.16. The second kappa shape index (κ2) is 9.40. The molecule has 6 nitrogen and oxygen atoms in total. The van der Waals surface area contributed by atoms with Crippen molar-refractivity contribution >= 4 is 5.91 Å². The molecule has 13 heavy (non-hydrogen) atoms. The van der Waals surface area contributed by atoms with Crippen LogP contribution in [0.2, 0.25) is 0 Å². The summed E-state index contributed by atoms with van der Waals surface area (Å²) in [6.45, 7) is 0.636. The minimum absolute atomic E-state index is 0.280. The van der Waals surface area contributed by atoms with E-state index < -0.39 is 12.2 Å². The highest BCUT2D eigenvalue weighted by Crippen LogP contribution is 1.94. The number of hydrogen-bond donors (Lipinski definition) is 4. The molecular weight excluding hydrogens is 178 g/mol. The van der Waals surface area contributed by atoms with Gasteiger partial charge in [-0.05, 0) is 0 Å². The molecule has 0 bridgehead atoms. The van der Waals surface area contributed by atoms with Crippen LogP contribution in [0.1, 0.15) is 6.92 Å². The molecule has 0 saturated carbocycles. The Morgan fingerprint density at radius 2 is 1.85 bits per heavy atom. The third-order valence-corrected chi connectivity index (χ3v) is 1.10. The van der Waals surface area contributed by atoms with Gasteiger partial charge in [0.05, 0.1) is 13.2 Å². The normalized spacial score (nSPS) is 13.9. The molecular formula is C7H17NO5. The van der Waals surface area contributed by atoms with Gasteiger partial charge in [-0.1, -0.05) is 0 Å². The van der Waals surface area contributed by atoms with Crippen LogP contribution >= 0.6 is 0 Å². The lowest BCUT2D eigenvalue weighted by Crippen LogP contribution is -2.33. The molecule has 5 N–H and O–H groups in total. The number of primary amides is 1. The van der Waals surface area contributed by atoms with Crippen molar-refractivity contribution in [2.24, 2.45) is 5.73 Å². The summed E-state index contributed by atoms with van der Waals surface area (Å²) in [4.78, 5) is 9.22. The number of rotatable bonds is 4. The molecule has 80 valence electrons. The number of amides is 1. The summed E-state index contributed by atoms with van der Waals surface area (Å²) >= 11 is 0. The Kier molecular flexibility index (Phi) is 10.7. The third kappa shape index (κ3) is 11.3. The van der Waals surface area contributed by atoms with E-state index in [1.54, 1.807) is 0 Å². The van der Waals surface area contributed by atoms with Crippen molar-refractivity contribution in [3.8, 4) is 0 Å². The van der Waals surface area contributed by atoms with E-state index in [2.05, 4.69) is 10.5 Å². The molecule has 0 aromatic heterocycles. The molecule has 1 amide bonds. The number of hydrogen-bond acceptors (Lipinski definition) is 5. The molecule has 0 aliphatic heterocycles. The van der Waals surface area contributed by atoms with E-state index in [0.717, 1.165) is 0 Å². The lowest BCUT2D eigenvalue weighted by molar-refractivity contribution is -0.115. The van der Waals surface area contributed by atoms with E-state index >= 15 is 0 Å². The predicted molar refractivity (Wildman–Crippen MR) is 45.8 cm³/mol. The largest absolute Gasteiger partial charge is 0.394 e. The molecule has 0 fully saturated rings. The number of methoxy groups -OCH3 is 1. The fourth-order valence-corrected chi connectivity index (χ4v) is 0.471. The van der Waals surface area contributed by atoms with Gasteiger partial charge in [0.1, 0.15) is 12.2 Å². The van der Waals surface area contributed by atoms with E-state index in [-0.39, 0.29) is 19.1 Å². The third-order valence-electron chi connectivity index (χ3n) is 1.10. The van der Waals surface area contributed by atoms with Crippen LogP contribution < -0.4 is 5.73 Å². The molecule has 0 spiro atoms. The number of aliphatic hydroxyl groups is 3. The van der Waals surface area contributed by atoms with Crippen LogP contribution in [0.15, 0.2) is 0 Å². The molecule has 0 aromatic rings. The van der Waals surface area contributed by atoms with Gasteiger partial charge in [0, 0.05) is 14.0 Å². The van der Waals surface area contributed by atoms with Gasteiger partial charge in [0.2, 0.25) is 5.91 Å². The molecule has 0 rings (SSSR count). The second-order valence-corrected chi connectivity index (χ2v) is 2.32. The van der Waals surface area contributed by atoms with Crippen LogP contribution in [-0.4, -0.2) is 53.8 Å². The highest BCUT2D eigenvalue weighted by Gasteiger charge is 2.15. The summed E-state index contributed by atoms with van der Waals surface area (Å²) in [5.41, 5.74) is 4.47. The first-order valence-corrected chi connectivity index (χ1v) is 3.68. The minimum Gasteiger partial charge on any atom is -0.394 e. The first-order valence-electron chi connectivity index (χ1n) is 3.68.